The van der Waals surface area contributed by atoms with Gasteiger partial charge in [0.2, 0.25) is 0 Å². The van der Waals surface area contributed by atoms with Crippen molar-refractivity contribution >= 4 is 17.9 Å². The number of rotatable bonds is 47. The molecular weight excluding hydrogens is 781 g/mol. The minimum atomic E-state index is -0.785. The zero-order chi connectivity index (χ0) is 45.8. The summed E-state index contributed by atoms with van der Waals surface area (Å²) in [5.41, 5.74) is 0. The maximum Gasteiger partial charge on any atom is 0.306 e. The average molecular weight is 879 g/mol. The van der Waals surface area contributed by atoms with Gasteiger partial charge in [-0.25, -0.2) is 0 Å². The first kappa shape index (κ1) is 59.9. The Kier molecular flexibility index (Phi) is 48.9. The molecule has 0 heterocycles. The predicted molar refractivity (Wildman–Crippen MR) is 270 cm³/mol. The van der Waals surface area contributed by atoms with Crippen LogP contribution in [0.25, 0.3) is 0 Å². The lowest BCUT2D eigenvalue weighted by molar-refractivity contribution is -0.167. The van der Waals surface area contributed by atoms with Crippen molar-refractivity contribution in [3.8, 4) is 0 Å². The van der Waals surface area contributed by atoms with E-state index in [-0.39, 0.29) is 31.1 Å². The number of unbranched alkanes of at least 4 members (excludes halogenated alkanes) is 24. The third-order valence-corrected chi connectivity index (χ3v) is 11.1. The molecule has 6 nitrogen and oxygen atoms in total. The molecule has 0 radical (unpaired) electrons. The van der Waals surface area contributed by atoms with Crippen molar-refractivity contribution < 1.29 is 28.6 Å². The van der Waals surface area contributed by atoms with Gasteiger partial charge in [-0.15, -0.1) is 0 Å². The fraction of sp³-hybridized carbons (Fsp3) is 0.737. The highest BCUT2D eigenvalue weighted by Crippen LogP contribution is 2.14. The number of hydrogen-bond acceptors (Lipinski definition) is 6. The van der Waals surface area contributed by atoms with Gasteiger partial charge in [-0.3, -0.25) is 14.4 Å². The van der Waals surface area contributed by atoms with Gasteiger partial charge in [0.15, 0.2) is 6.10 Å². The lowest BCUT2D eigenvalue weighted by Crippen LogP contribution is -2.30. The zero-order valence-electron chi connectivity index (χ0n) is 41.3. The van der Waals surface area contributed by atoms with Gasteiger partial charge in [0.1, 0.15) is 13.2 Å². The molecule has 0 aliphatic carbocycles. The molecule has 0 aromatic rings. The molecule has 0 aromatic carbocycles. The minimum Gasteiger partial charge on any atom is -0.462 e. The maximum absolute atomic E-state index is 12.8. The summed E-state index contributed by atoms with van der Waals surface area (Å²) in [6.45, 7) is 6.44. The SMILES string of the molecule is CC/C=C\C/C=C\C/C=C\C/C=C\CCCCCCCCCCC(=O)OCC(COC(=O)CCCCCCC/C=C\CCC)OC(=O)CCCCCCC/C=C\CCCCCCC. The topological polar surface area (TPSA) is 78.9 Å². The van der Waals surface area contributed by atoms with E-state index < -0.39 is 6.10 Å². The molecule has 362 valence electrons. The molecule has 0 saturated heterocycles. The van der Waals surface area contributed by atoms with Crippen LogP contribution in [0.2, 0.25) is 0 Å². The number of hydrogen-bond donors (Lipinski definition) is 0. The second-order valence-electron chi connectivity index (χ2n) is 17.4. The quantitative estimate of drug-likeness (QED) is 0.0262. The molecule has 1 atom stereocenters. The van der Waals surface area contributed by atoms with E-state index in [0.717, 1.165) is 116 Å². The Hall–Kier alpha value is -3.15. The van der Waals surface area contributed by atoms with Gasteiger partial charge in [-0.2, -0.15) is 0 Å². The summed E-state index contributed by atoms with van der Waals surface area (Å²) in [5.74, 6) is -0.910. The summed E-state index contributed by atoms with van der Waals surface area (Å²) >= 11 is 0. The van der Waals surface area contributed by atoms with E-state index in [1.165, 1.54) is 96.3 Å². The summed E-state index contributed by atoms with van der Waals surface area (Å²) in [6.07, 6.45) is 64.6. The molecular formula is C57H98O6. The second-order valence-corrected chi connectivity index (χ2v) is 17.4. The summed E-state index contributed by atoms with van der Waals surface area (Å²) < 4.78 is 16.8. The van der Waals surface area contributed by atoms with Crippen LogP contribution in [0, 0.1) is 0 Å². The Morgan fingerprint density at radius 1 is 0.333 bits per heavy atom. The molecule has 6 heteroatoms. The van der Waals surface area contributed by atoms with Crippen molar-refractivity contribution in [1.82, 2.24) is 0 Å². The Morgan fingerprint density at radius 3 is 1.05 bits per heavy atom. The van der Waals surface area contributed by atoms with E-state index in [4.69, 9.17) is 14.2 Å². The lowest BCUT2D eigenvalue weighted by atomic mass is 10.1. The second kappa shape index (κ2) is 51.5. The molecule has 0 aliphatic heterocycles. The molecule has 0 amide bonds. The summed E-state index contributed by atoms with van der Waals surface area (Å²) in [7, 11) is 0. The van der Waals surface area contributed by atoms with Gasteiger partial charge in [0, 0.05) is 19.3 Å². The Bertz CT molecular complexity index is 1190. The standard InChI is InChI=1S/C57H98O6/c1-4-7-10-13-16-19-22-24-26-27-28-29-30-31-32-34-35-38-41-44-47-50-56(59)62-53-54(52-61-55(58)49-46-43-40-37-21-18-15-12-9-6-3)63-57(60)51-48-45-42-39-36-33-25-23-20-17-14-11-8-5-2/h7,10,12,15-16,19,23-26,28-29,54H,4-6,8-9,11,13-14,17-18,20-22,27,30-53H2,1-3H3/b10-7-,15-12-,19-16-,25-23-,26-24-,29-28-. The molecule has 63 heavy (non-hydrogen) atoms. The van der Waals surface area contributed by atoms with Crippen LogP contribution in [-0.4, -0.2) is 37.2 Å². The number of carbonyl (C=O) groups is 3. The number of esters is 3. The normalized spacial score (nSPS) is 12.6. The average Bonchev–Trinajstić information content (AvgIpc) is 3.28. The number of allylic oxidation sites excluding steroid dienone is 12. The largest absolute Gasteiger partial charge is 0.462 e. The van der Waals surface area contributed by atoms with Gasteiger partial charge < -0.3 is 14.2 Å². The van der Waals surface area contributed by atoms with E-state index in [9.17, 15) is 14.4 Å². The van der Waals surface area contributed by atoms with Crippen LogP contribution in [0.15, 0.2) is 72.9 Å². The summed E-state index contributed by atoms with van der Waals surface area (Å²) in [5, 5.41) is 0. The van der Waals surface area contributed by atoms with Crippen LogP contribution >= 0.6 is 0 Å². The Morgan fingerprint density at radius 2 is 0.651 bits per heavy atom. The predicted octanol–water partition coefficient (Wildman–Crippen LogP) is 17.4. The first-order valence-corrected chi connectivity index (χ1v) is 26.4. The zero-order valence-corrected chi connectivity index (χ0v) is 41.3. The number of carbonyl (C=O) groups excluding carboxylic acids is 3. The van der Waals surface area contributed by atoms with Gasteiger partial charge in [-0.1, -0.05) is 203 Å². The molecule has 0 fully saturated rings. The number of ether oxygens (including phenoxy) is 3. The van der Waals surface area contributed by atoms with Crippen molar-refractivity contribution in [2.45, 2.75) is 258 Å². The Balaban J connectivity index is 4.33. The van der Waals surface area contributed by atoms with Crippen molar-refractivity contribution in [3.63, 3.8) is 0 Å². The maximum atomic E-state index is 12.8. The van der Waals surface area contributed by atoms with E-state index in [0.29, 0.717) is 19.3 Å². The van der Waals surface area contributed by atoms with Gasteiger partial charge in [0.25, 0.3) is 0 Å². The van der Waals surface area contributed by atoms with Crippen molar-refractivity contribution in [2.75, 3.05) is 13.2 Å². The molecule has 0 saturated carbocycles. The summed E-state index contributed by atoms with van der Waals surface area (Å²) in [4.78, 5) is 37.9. The third-order valence-electron chi connectivity index (χ3n) is 11.1. The van der Waals surface area contributed by atoms with E-state index in [1.807, 2.05) is 0 Å². The van der Waals surface area contributed by atoms with E-state index in [2.05, 4.69) is 93.7 Å². The highest BCUT2D eigenvalue weighted by molar-refractivity contribution is 5.71. The van der Waals surface area contributed by atoms with Crippen molar-refractivity contribution in [2.24, 2.45) is 0 Å². The molecule has 0 bridgehead atoms. The van der Waals surface area contributed by atoms with Crippen LogP contribution < -0.4 is 0 Å². The molecule has 0 aliphatic rings. The van der Waals surface area contributed by atoms with Crippen LogP contribution in [0.1, 0.15) is 252 Å². The smallest absolute Gasteiger partial charge is 0.306 e. The monoisotopic (exact) mass is 879 g/mol. The first-order valence-electron chi connectivity index (χ1n) is 26.4. The van der Waals surface area contributed by atoms with Gasteiger partial charge >= 0.3 is 17.9 Å². The van der Waals surface area contributed by atoms with E-state index in [1.54, 1.807) is 0 Å². The van der Waals surface area contributed by atoms with Gasteiger partial charge in [-0.05, 0) is 103 Å². The lowest BCUT2D eigenvalue weighted by Gasteiger charge is -2.18. The van der Waals surface area contributed by atoms with Gasteiger partial charge in [0.05, 0.1) is 0 Å². The summed E-state index contributed by atoms with van der Waals surface area (Å²) in [6, 6.07) is 0. The molecule has 0 rings (SSSR count). The molecule has 1 unspecified atom stereocenters. The van der Waals surface area contributed by atoms with Crippen LogP contribution in [-0.2, 0) is 28.6 Å². The van der Waals surface area contributed by atoms with Crippen LogP contribution in [0.3, 0.4) is 0 Å². The molecule has 0 N–H and O–H groups in total. The Labute approximate surface area is 389 Å². The van der Waals surface area contributed by atoms with Crippen LogP contribution in [0.5, 0.6) is 0 Å². The molecule has 0 aromatic heterocycles. The first-order chi connectivity index (χ1) is 31.0. The highest BCUT2D eigenvalue weighted by Gasteiger charge is 2.19. The fourth-order valence-electron chi connectivity index (χ4n) is 7.19. The minimum absolute atomic E-state index is 0.0856. The van der Waals surface area contributed by atoms with Crippen molar-refractivity contribution in [3.05, 3.63) is 72.9 Å². The fourth-order valence-corrected chi connectivity index (χ4v) is 7.19. The molecule has 0 spiro atoms. The van der Waals surface area contributed by atoms with Crippen molar-refractivity contribution in [1.29, 1.82) is 0 Å². The van der Waals surface area contributed by atoms with E-state index >= 15 is 0 Å². The highest BCUT2D eigenvalue weighted by atomic mass is 16.6. The van der Waals surface area contributed by atoms with Crippen LogP contribution in [0.4, 0.5) is 0 Å². The third kappa shape index (κ3) is 49.7.